The lowest BCUT2D eigenvalue weighted by molar-refractivity contribution is 0.0683. The maximum Gasteiger partial charge on any atom is 0.339 e. The number of rotatable bonds is 3. The Balaban J connectivity index is 3.42. The first-order valence-electron chi connectivity index (χ1n) is 3.83. The van der Waals surface area contributed by atoms with Gasteiger partial charge in [0.15, 0.2) is 0 Å². The van der Waals surface area contributed by atoms with Gasteiger partial charge in [0.1, 0.15) is 11.3 Å². The van der Waals surface area contributed by atoms with Crippen LogP contribution in [0.25, 0.3) is 0 Å². The Labute approximate surface area is 83.5 Å². The van der Waals surface area contributed by atoms with Crippen molar-refractivity contribution in [2.24, 2.45) is 0 Å². The highest BCUT2D eigenvalue weighted by Gasteiger charge is 2.23. The molecule has 1 heterocycles. The van der Waals surface area contributed by atoms with E-state index < -0.39 is 23.7 Å². The fraction of sp³-hybridized carbons (Fsp3) is 0.250. The Morgan fingerprint density at radius 1 is 1.67 bits per heavy atom. The van der Waals surface area contributed by atoms with Crippen molar-refractivity contribution in [1.29, 1.82) is 0 Å². The summed E-state index contributed by atoms with van der Waals surface area (Å²) in [6.07, 6.45) is -3.02. The Hall–Kier alpha value is -1.92. The lowest BCUT2D eigenvalue weighted by Crippen LogP contribution is -2.10. The highest BCUT2D eigenvalue weighted by atomic mass is 19.3. The van der Waals surface area contributed by atoms with Crippen LogP contribution in [-0.4, -0.2) is 23.2 Å². The predicted octanol–water partition coefficient (Wildman–Crippen LogP) is 1.31. The molecule has 5 nitrogen and oxygen atoms in total. The van der Waals surface area contributed by atoms with Crippen LogP contribution in [0.2, 0.25) is 0 Å². The number of carboxylic acid groups (broad SMARTS) is 1. The summed E-state index contributed by atoms with van der Waals surface area (Å²) in [5.41, 5.74) is 3.42. The quantitative estimate of drug-likeness (QED) is 0.798. The molecule has 82 valence electrons. The van der Waals surface area contributed by atoms with Crippen molar-refractivity contribution < 1.29 is 23.4 Å². The van der Waals surface area contributed by atoms with Gasteiger partial charge in [-0.2, -0.15) is 0 Å². The molecule has 0 radical (unpaired) electrons. The third-order valence-electron chi connectivity index (χ3n) is 1.68. The van der Waals surface area contributed by atoms with Gasteiger partial charge in [0.25, 0.3) is 6.43 Å². The SMILES string of the molecule is COc1cc(N)c(C(=O)O)c(C(F)F)n1. The Morgan fingerprint density at radius 3 is 2.67 bits per heavy atom. The van der Waals surface area contributed by atoms with Crippen LogP contribution in [0.15, 0.2) is 6.07 Å². The van der Waals surface area contributed by atoms with Gasteiger partial charge in [-0.15, -0.1) is 0 Å². The van der Waals surface area contributed by atoms with Crippen LogP contribution in [0.3, 0.4) is 0 Å². The third-order valence-corrected chi connectivity index (χ3v) is 1.68. The molecule has 0 bridgehead atoms. The summed E-state index contributed by atoms with van der Waals surface area (Å²) in [6.45, 7) is 0. The van der Waals surface area contributed by atoms with E-state index in [0.29, 0.717) is 0 Å². The first kappa shape index (κ1) is 11.2. The zero-order chi connectivity index (χ0) is 11.6. The smallest absolute Gasteiger partial charge is 0.339 e. The number of alkyl halides is 2. The molecule has 0 aliphatic carbocycles. The van der Waals surface area contributed by atoms with E-state index in [4.69, 9.17) is 10.8 Å². The standard InChI is InChI=1S/C8H8F2N2O3/c1-15-4-2-3(11)5(8(13)14)6(12-4)7(9)10/h2,7H,1H3,(H2,11,12)(H,13,14). The number of aromatic nitrogens is 1. The molecule has 0 aliphatic heterocycles. The summed E-state index contributed by atoms with van der Waals surface area (Å²) in [5.74, 6) is -1.69. The van der Waals surface area contributed by atoms with Crippen molar-refractivity contribution in [3.63, 3.8) is 0 Å². The van der Waals surface area contributed by atoms with Crippen molar-refractivity contribution in [3.8, 4) is 5.88 Å². The molecule has 3 N–H and O–H groups in total. The molecule has 1 aromatic heterocycles. The molecule has 0 atom stereocenters. The second-order valence-corrected chi connectivity index (χ2v) is 2.62. The first-order chi connectivity index (χ1) is 6.97. The zero-order valence-electron chi connectivity index (χ0n) is 7.70. The highest BCUT2D eigenvalue weighted by Crippen LogP contribution is 2.28. The van der Waals surface area contributed by atoms with Gasteiger partial charge in [0.2, 0.25) is 5.88 Å². The van der Waals surface area contributed by atoms with Gasteiger partial charge in [0.05, 0.1) is 12.8 Å². The number of nitrogen functional groups attached to an aromatic ring is 1. The van der Waals surface area contributed by atoms with E-state index in [9.17, 15) is 13.6 Å². The van der Waals surface area contributed by atoms with Crippen molar-refractivity contribution in [1.82, 2.24) is 4.98 Å². The molecule has 0 aromatic carbocycles. The Kier molecular flexibility index (Phi) is 3.03. The largest absolute Gasteiger partial charge is 0.481 e. The zero-order valence-corrected chi connectivity index (χ0v) is 7.70. The van der Waals surface area contributed by atoms with Crippen molar-refractivity contribution in [2.75, 3.05) is 12.8 Å². The molecule has 15 heavy (non-hydrogen) atoms. The van der Waals surface area contributed by atoms with E-state index in [1.165, 1.54) is 7.11 Å². The van der Waals surface area contributed by atoms with Gasteiger partial charge >= 0.3 is 5.97 Å². The number of anilines is 1. The number of pyridine rings is 1. The Bertz CT molecular complexity index is 396. The minimum atomic E-state index is -3.02. The van der Waals surface area contributed by atoms with Gasteiger partial charge in [0, 0.05) is 6.07 Å². The maximum absolute atomic E-state index is 12.4. The van der Waals surface area contributed by atoms with Gasteiger partial charge in [-0.1, -0.05) is 0 Å². The van der Waals surface area contributed by atoms with Crippen LogP contribution in [0.5, 0.6) is 5.88 Å². The third kappa shape index (κ3) is 2.12. The van der Waals surface area contributed by atoms with Gasteiger partial charge in [-0.25, -0.2) is 18.6 Å². The summed E-state index contributed by atoms with van der Waals surface area (Å²) >= 11 is 0. The fourth-order valence-corrected chi connectivity index (χ4v) is 1.06. The summed E-state index contributed by atoms with van der Waals surface area (Å²) in [4.78, 5) is 14.0. The van der Waals surface area contributed by atoms with E-state index in [0.717, 1.165) is 6.07 Å². The molecular weight excluding hydrogens is 210 g/mol. The maximum atomic E-state index is 12.4. The normalized spacial score (nSPS) is 10.4. The number of hydrogen-bond donors (Lipinski definition) is 2. The number of nitrogens with two attached hydrogens (primary N) is 1. The fourth-order valence-electron chi connectivity index (χ4n) is 1.06. The minimum Gasteiger partial charge on any atom is -0.481 e. The summed E-state index contributed by atoms with van der Waals surface area (Å²) < 4.78 is 29.5. The number of halogens is 2. The molecule has 0 aliphatic rings. The molecule has 1 rings (SSSR count). The van der Waals surface area contributed by atoms with Crippen LogP contribution < -0.4 is 10.5 Å². The second-order valence-electron chi connectivity index (χ2n) is 2.62. The average molecular weight is 218 g/mol. The van der Waals surface area contributed by atoms with E-state index in [2.05, 4.69) is 9.72 Å². The second kappa shape index (κ2) is 4.07. The lowest BCUT2D eigenvalue weighted by Gasteiger charge is -2.09. The number of carboxylic acids is 1. The van der Waals surface area contributed by atoms with Crippen molar-refractivity contribution >= 4 is 11.7 Å². The number of carbonyl (C=O) groups is 1. The summed E-state index contributed by atoms with van der Waals surface area (Å²) in [5, 5.41) is 8.66. The van der Waals surface area contributed by atoms with E-state index in [-0.39, 0.29) is 11.6 Å². The average Bonchev–Trinajstić information content (AvgIpc) is 2.15. The lowest BCUT2D eigenvalue weighted by atomic mass is 10.1. The van der Waals surface area contributed by atoms with Gasteiger partial charge in [-0.3, -0.25) is 0 Å². The van der Waals surface area contributed by atoms with Crippen LogP contribution >= 0.6 is 0 Å². The van der Waals surface area contributed by atoms with Gasteiger partial charge < -0.3 is 15.6 Å². The summed E-state index contributed by atoms with van der Waals surface area (Å²) in [7, 11) is 1.22. The number of ether oxygens (including phenoxy) is 1. The number of hydrogen-bond acceptors (Lipinski definition) is 4. The topological polar surface area (TPSA) is 85.4 Å². The number of nitrogens with zero attached hydrogens (tertiary/aromatic N) is 1. The monoisotopic (exact) mass is 218 g/mol. The first-order valence-corrected chi connectivity index (χ1v) is 3.83. The molecule has 1 aromatic rings. The molecule has 0 amide bonds. The van der Waals surface area contributed by atoms with Crippen LogP contribution in [0, 0.1) is 0 Å². The van der Waals surface area contributed by atoms with Crippen LogP contribution in [0.4, 0.5) is 14.5 Å². The summed E-state index contributed by atoms with van der Waals surface area (Å²) in [6, 6.07) is 1.08. The highest BCUT2D eigenvalue weighted by molar-refractivity contribution is 5.95. The molecule has 0 saturated heterocycles. The molecule has 0 unspecified atom stereocenters. The molecule has 0 spiro atoms. The van der Waals surface area contributed by atoms with E-state index in [1.54, 1.807) is 0 Å². The van der Waals surface area contributed by atoms with Crippen molar-refractivity contribution in [3.05, 3.63) is 17.3 Å². The predicted molar refractivity (Wildman–Crippen MR) is 47.1 cm³/mol. The van der Waals surface area contributed by atoms with Crippen molar-refractivity contribution in [2.45, 2.75) is 6.43 Å². The van der Waals surface area contributed by atoms with E-state index >= 15 is 0 Å². The molecule has 0 saturated carbocycles. The van der Waals surface area contributed by atoms with E-state index in [1.807, 2.05) is 0 Å². The minimum absolute atomic E-state index is 0.146. The van der Waals surface area contributed by atoms with Crippen LogP contribution in [0.1, 0.15) is 22.5 Å². The number of methoxy groups -OCH3 is 1. The van der Waals surface area contributed by atoms with Crippen LogP contribution in [-0.2, 0) is 0 Å². The molecular formula is C8H8F2N2O3. The molecule has 0 fully saturated rings. The molecule has 7 heteroatoms. The Morgan fingerprint density at radius 2 is 2.27 bits per heavy atom. The van der Waals surface area contributed by atoms with Gasteiger partial charge in [-0.05, 0) is 0 Å². The number of aromatic carboxylic acids is 1.